The standard InChI is InChI=1S/C25H23FN6O2/c1-3-4-22(33)20-5-13(2)18(12-28-20)16-6-14-10-29-23(31-25(34)17-7-19(17)26)8-21(14)32-15(9-27)11-30-24(16)32/h5-6,8,10-12,17,19,22,33H,3-4,7H2,1-2H3,(H,29,31,34)/t17-,19+,22-/m0/s1. The summed E-state index contributed by atoms with van der Waals surface area (Å²) in [4.78, 5) is 25.5. The van der Waals surface area contributed by atoms with Crippen LogP contribution in [0.5, 0.6) is 0 Å². The number of hydrogen-bond donors (Lipinski definition) is 2. The average molecular weight is 458 g/mol. The number of anilines is 1. The Bertz CT molecular complexity index is 1470. The van der Waals surface area contributed by atoms with Gasteiger partial charge < -0.3 is 10.4 Å². The number of carbonyl (C=O) groups is 1. The second-order valence-corrected chi connectivity index (χ2v) is 8.68. The summed E-state index contributed by atoms with van der Waals surface area (Å²) in [5, 5.41) is 23.4. The number of imidazole rings is 1. The van der Waals surface area contributed by atoms with Crippen LogP contribution in [0.25, 0.3) is 27.7 Å². The molecule has 4 aromatic rings. The summed E-state index contributed by atoms with van der Waals surface area (Å²) in [6.07, 6.45) is 4.82. The van der Waals surface area contributed by atoms with Crippen molar-refractivity contribution in [3.63, 3.8) is 0 Å². The van der Waals surface area contributed by atoms with Crippen LogP contribution in [0.1, 0.15) is 49.2 Å². The first-order valence-electron chi connectivity index (χ1n) is 11.2. The molecule has 0 radical (unpaired) electrons. The lowest BCUT2D eigenvalue weighted by Gasteiger charge is -2.14. The van der Waals surface area contributed by atoms with Gasteiger partial charge in [0.25, 0.3) is 0 Å². The van der Waals surface area contributed by atoms with E-state index in [0.717, 1.165) is 28.5 Å². The van der Waals surface area contributed by atoms with E-state index >= 15 is 0 Å². The Balaban J connectivity index is 1.63. The number of aliphatic hydroxyl groups excluding tert-OH is 1. The number of nitrogens with one attached hydrogen (secondary N) is 1. The lowest BCUT2D eigenvalue weighted by Crippen LogP contribution is -2.16. The highest BCUT2D eigenvalue weighted by Crippen LogP contribution is 2.36. The van der Waals surface area contributed by atoms with Gasteiger partial charge in [0.15, 0.2) is 0 Å². The molecule has 1 saturated carbocycles. The number of hydrogen-bond acceptors (Lipinski definition) is 6. The molecule has 1 fully saturated rings. The first kappa shape index (κ1) is 21.9. The molecule has 1 aliphatic rings. The summed E-state index contributed by atoms with van der Waals surface area (Å²) in [6, 6.07) is 7.62. The molecule has 8 nitrogen and oxygen atoms in total. The molecule has 1 aliphatic carbocycles. The highest BCUT2D eigenvalue weighted by Gasteiger charge is 2.43. The van der Waals surface area contributed by atoms with E-state index < -0.39 is 24.1 Å². The van der Waals surface area contributed by atoms with E-state index in [0.29, 0.717) is 29.0 Å². The molecule has 4 aromatic heterocycles. The SMILES string of the molecule is CCC[C@H](O)c1cc(C)c(-c2cc3cnc(NC(=O)[C@H]4C[C@H]4F)cc3n3c(C#N)cnc23)cn1. The zero-order valence-electron chi connectivity index (χ0n) is 18.8. The van der Waals surface area contributed by atoms with Crippen LogP contribution in [0.15, 0.2) is 36.8 Å². The van der Waals surface area contributed by atoms with Crippen LogP contribution in [-0.4, -0.2) is 36.5 Å². The fourth-order valence-corrected chi connectivity index (χ4v) is 4.23. The van der Waals surface area contributed by atoms with Gasteiger partial charge in [-0.15, -0.1) is 0 Å². The smallest absolute Gasteiger partial charge is 0.231 e. The molecule has 5 rings (SSSR count). The minimum absolute atomic E-state index is 0.231. The van der Waals surface area contributed by atoms with Crippen LogP contribution in [0.2, 0.25) is 0 Å². The second kappa shape index (κ2) is 8.47. The Labute approximate surface area is 195 Å². The molecular formula is C25H23FN6O2. The molecule has 9 heteroatoms. The third kappa shape index (κ3) is 3.76. The fraction of sp³-hybridized carbons (Fsp3) is 0.320. The normalized spacial score (nSPS) is 18.1. The molecule has 0 saturated heterocycles. The number of aromatic nitrogens is 4. The number of nitrogens with zero attached hydrogens (tertiary/aromatic N) is 5. The predicted octanol–water partition coefficient (Wildman–Crippen LogP) is 4.25. The van der Waals surface area contributed by atoms with Gasteiger partial charge in [0.1, 0.15) is 29.4 Å². The summed E-state index contributed by atoms with van der Waals surface area (Å²) < 4.78 is 15.0. The van der Waals surface area contributed by atoms with E-state index in [1.807, 2.05) is 26.0 Å². The molecular weight excluding hydrogens is 435 g/mol. The molecule has 0 unspecified atom stereocenters. The second-order valence-electron chi connectivity index (χ2n) is 8.68. The Morgan fingerprint density at radius 1 is 1.26 bits per heavy atom. The van der Waals surface area contributed by atoms with Crippen molar-refractivity contribution < 1.29 is 14.3 Å². The Kier molecular flexibility index (Phi) is 5.46. The maximum Gasteiger partial charge on any atom is 0.231 e. The number of rotatable bonds is 6. The molecule has 172 valence electrons. The maximum atomic E-state index is 13.2. The van der Waals surface area contributed by atoms with Crippen LogP contribution < -0.4 is 5.32 Å². The maximum absolute atomic E-state index is 13.2. The first-order chi connectivity index (χ1) is 16.4. The van der Waals surface area contributed by atoms with Crippen LogP contribution in [0, 0.1) is 24.2 Å². The molecule has 0 aliphatic heterocycles. The van der Waals surface area contributed by atoms with Crippen LogP contribution >= 0.6 is 0 Å². The number of fused-ring (bicyclic) bond motifs is 3. The first-order valence-corrected chi connectivity index (χ1v) is 11.2. The molecule has 0 spiro atoms. The number of aliphatic hydroxyl groups is 1. The third-order valence-corrected chi connectivity index (χ3v) is 6.20. The van der Waals surface area contributed by atoms with Crippen molar-refractivity contribution in [1.82, 2.24) is 19.4 Å². The van der Waals surface area contributed by atoms with Crippen LogP contribution in [0.4, 0.5) is 10.2 Å². The van der Waals surface area contributed by atoms with Gasteiger partial charge in [-0.25, -0.2) is 14.4 Å². The minimum atomic E-state index is -1.10. The third-order valence-electron chi connectivity index (χ3n) is 6.20. The average Bonchev–Trinajstić information content (AvgIpc) is 3.40. The van der Waals surface area contributed by atoms with Crippen molar-refractivity contribution in [2.75, 3.05) is 5.32 Å². The topological polar surface area (TPSA) is 116 Å². The molecule has 0 aromatic carbocycles. The zero-order valence-corrected chi connectivity index (χ0v) is 18.8. The molecule has 1 amide bonds. The van der Waals surface area contributed by atoms with Gasteiger partial charge in [-0.05, 0) is 37.5 Å². The highest BCUT2D eigenvalue weighted by molar-refractivity contribution is 5.97. The van der Waals surface area contributed by atoms with Gasteiger partial charge >= 0.3 is 0 Å². The van der Waals surface area contributed by atoms with Gasteiger partial charge in [-0.2, -0.15) is 5.26 Å². The van der Waals surface area contributed by atoms with Gasteiger partial charge in [0.05, 0.1) is 29.4 Å². The fourth-order valence-electron chi connectivity index (χ4n) is 4.23. The zero-order chi connectivity index (χ0) is 24.0. The van der Waals surface area contributed by atoms with E-state index in [2.05, 4.69) is 26.3 Å². The Morgan fingerprint density at radius 2 is 2.06 bits per heavy atom. The quantitative estimate of drug-likeness (QED) is 0.446. The summed E-state index contributed by atoms with van der Waals surface area (Å²) in [5.74, 6) is -0.738. The van der Waals surface area contributed by atoms with E-state index in [1.165, 1.54) is 6.20 Å². The van der Waals surface area contributed by atoms with Crippen molar-refractivity contribution in [2.24, 2.45) is 5.92 Å². The van der Waals surface area contributed by atoms with Crippen LogP contribution in [0.3, 0.4) is 0 Å². The van der Waals surface area contributed by atoms with E-state index in [-0.39, 0.29) is 12.2 Å². The number of alkyl halides is 1. The monoisotopic (exact) mass is 458 g/mol. The molecule has 4 heterocycles. The van der Waals surface area contributed by atoms with Gasteiger partial charge in [0, 0.05) is 35.0 Å². The van der Waals surface area contributed by atoms with Crippen molar-refractivity contribution >= 4 is 28.3 Å². The lowest BCUT2D eigenvalue weighted by molar-refractivity contribution is -0.117. The van der Waals surface area contributed by atoms with Crippen LogP contribution in [-0.2, 0) is 4.79 Å². The van der Waals surface area contributed by atoms with Crippen molar-refractivity contribution in [2.45, 2.75) is 45.4 Å². The van der Waals surface area contributed by atoms with Gasteiger partial charge in [0.2, 0.25) is 5.91 Å². The highest BCUT2D eigenvalue weighted by atomic mass is 19.1. The summed E-state index contributed by atoms with van der Waals surface area (Å²) >= 11 is 0. The summed E-state index contributed by atoms with van der Waals surface area (Å²) in [6.45, 7) is 3.96. The van der Waals surface area contributed by atoms with E-state index in [9.17, 15) is 19.6 Å². The van der Waals surface area contributed by atoms with E-state index in [1.54, 1.807) is 22.9 Å². The van der Waals surface area contributed by atoms with Crippen molar-refractivity contribution in [3.8, 4) is 17.2 Å². The predicted molar refractivity (Wildman–Crippen MR) is 125 cm³/mol. The minimum Gasteiger partial charge on any atom is -0.387 e. The van der Waals surface area contributed by atoms with Gasteiger partial charge in [-0.3, -0.25) is 14.2 Å². The Morgan fingerprint density at radius 3 is 2.74 bits per heavy atom. The summed E-state index contributed by atoms with van der Waals surface area (Å²) in [5.41, 5.74) is 4.68. The Hall–Kier alpha value is -3.90. The molecule has 3 atom stereocenters. The number of pyridine rings is 3. The lowest BCUT2D eigenvalue weighted by atomic mass is 10.00. The molecule has 0 bridgehead atoms. The summed E-state index contributed by atoms with van der Waals surface area (Å²) in [7, 11) is 0. The number of carbonyl (C=O) groups excluding carboxylic acids is 1. The largest absolute Gasteiger partial charge is 0.387 e. The number of halogens is 1. The number of nitriles is 1. The number of amides is 1. The van der Waals surface area contributed by atoms with Crippen molar-refractivity contribution in [3.05, 3.63) is 53.7 Å². The van der Waals surface area contributed by atoms with Crippen molar-refractivity contribution in [1.29, 1.82) is 5.26 Å². The molecule has 2 N–H and O–H groups in total. The van der Waals surface area contributed by atoms with Gasteiger partial charge in [-0.1, -0.05) is 13.3 Å². The van der Waals surface area contributed by atoms with E-state index in [4.69, 9.17) is 0 Å². The number of aryl methyl sites for hydroxylation is 1. The molecule has 34 heavy (non-hydrogen) atoms.